The predicted molar refractivity (Wildman–Crippen MR) is 99.9 cm³/mol. The van der Waals surface area contributed by atoms with Gasteiger partial charge in [-0.3, -0.25) is 14.5 Å². The molecule has 130 valence electrons. The van der Waals surface area contributed by atoms with Gasteiger partial charge in [0.05, 0.1) is 6.04 Å². The molecule has 0 aliphatic carbocycles. The summed E-state index contributed by atoms with van der Waals surface area (Å²) >= 11 is 0. The van der Waals surface area contributed by atoms with E-state index in [9.17, 15) is 9.59 Å². The maximum absolute atomic E-state index is 13.1. The average molecular weight is 335 g/mol. The molecule has 0 N–H and O–H groups in total. The van der Waals surface area contributed by atoms with E-state index in [1.54, 1.807) is 0 Å². The zero-order valence-corrected chi connectivity index (χ0v) is 14.7. The topological polar surface area (TPSA) is 37.4 Å². The smallest absolute Gasteiger partial charge is 0.180 e. The molecule has 2 aromatic carbocycles. The first-order valence-electron chi connectivity index (χ1n) is 9.06. The first kappa shape index (κ1) is 17.6. The molecule has 3 rings (SSSR count). The quantitative estimate of drug-likeness (QED) is 0.741. The first-order chi connectivity index (χ1) is 12.1. The highest BCUT2D eigenvalue weighted by Gasteiger charge is 2.31. The molecule has 0 bridgehead atoms. The molecule has 1 fully saturated rings. The fourth-order valence-corrected chi connectivity index (χ4v) is 3.44. The summed E-state index contributed by atoms with van der Waals surface area (Å²) < 4.78 is 0. The maximum atomic E-state index is 13.1. The van der Waals surface area contributed by atoms with E-state index in [4.69, 9.17) is 0 Å². The number of benzene rings is 2. The molecule has 0 spiro atoms. The second-order valence-electron chi connectivity index (χ2n) is 6.96. The van der Waals surface area contributed by atoms with E-state index in [0.29, 0.717) is 17.0 Å². The molecule has 0 aromatic heterocycles. The van der Waals surface area contributed by atoms with Crippen LogP contribution < -0.4 is 0 Å². The number of hydrogen-bond acceptors (Lipinski definition) is 3. The zero-order valence-electron chi connectivity index (χ0n) is 14.7. The zero-order chi connectivity index (χ0) is 17.6. The molecular weight excluding hydrogens is 310 g/mol. The Labute approximate surface area is 149 Å². The monoisotopic (exact) mass is 335 g/mol. The summed E-state index contributed by atoms with van der Waals surface area (Å²) in [4.78, 5) is 28.0. The van der Waals surface area contributed by atoms with Crippen LogP contribution in [0.2, 0.25) is 0 Å². The van der Waals surface area contributed by atoms with Crippen LogP contribution in [-0.4, -0.2) is 35.6 Å². The van der Waals surface area contributed by atoms with Gasteiger partial charge >= 0.3 is 0 Å². The molecule has 3 nitrogen and oxygen atoms in total. The van der Waals surface area contributed by atoms with Gasteiger partial charge in [-0.25, -0.2) is 0 Å². The Morgan fingerprint density at radius 2 is 1.44 bits per heavy atom. The van der Waals surface area contributed by atoms with E-state index in [1.165, 1.54) is 0 Å². The largest absolute Gasteiger partial charge is 0.294 e. The minimum atomic E-state index is -0.373. The van der Waals surface area contributed by atoms with Crippen LogP contribution in [-0.2, 0) is 0 Å². The van der Waals surface area contributed by atoms with Crippen LogP contribution in [0.1, 0.15) is 46.9 Å². The summed E-state index contributed by atoms with van der Waals surface area (Å²) in [6, 6.07) is 18.2. The number of rotatable bonds is 6. The highest BCUT2D eigenvalue weighted by Crippen LogP contribution is 2.23. The summed E-state index contributed by atoms with van der Waals surface area (Å²) in [5.41, 5.74) is 1.37. The number of nitrogens with zero attached hydrogens (tertiary/aromatic N) is 1. The maximum Gasteiger partial charge on any atom is 0.180 e. The molecule has 0 unspecified atom stereocenters. The van der Waals surface area contributed by atoms with Gasteiger partial charge in [0.15, 0.2) is 11.6 Å². The van der Waals surface area contributed by atoms with Crippen LogP contribution in [0.15, 0.2) is 60.7 Å². The Morgan fingerprint density at radius 3 is 2.00 bits per heavy atom. The lowest BCUT2D eigenvalue weighted by Crippen LogP contribution is -2.46. The Bertz CT molecular complexity index is 703. The van der Waals surface area contributed by atoms with Crippen molar-refractivity contribution in [3.05, 3.63) is 71.8 Å². The number of likely N-dealkylation sites (tertiary alicyclic amines) is 1. The third kappa shape index (κ3) is 4.43. The second kappa shape index (κ2) is 8.21. The van der Waals surface area contributed by atoms with Gasteiger partial charge in [0, 0.05) is 17.5 Å². The second-order valence-corrected chi connectivity index (χ2v) is 6.96. The lowest BCUT2D eigenvalue weighted by Gasteiger charge is -2.35. The van der Waals surface area contributed by atoms with Gasteiger partial charge in [0.2, 0.25) is 0 Å². The number of hydrogen-bond donors (Lipinski definition) is 0. The Hall–Kier alpha value is -2.26. The molecule has 1 atom stereocenters. The minimum Gasteiger partial charge on any atom is -0.294 e. The van der Waals surface area contributed by atoms with Crippen molar-refractivity contribution in [2.24, 2.45) is 5.92 Å². The lowest BCUT2D eigenvalue weighted by atomic mass is 9.92. The standard InChI is InChI=1S/C22H25NO2/c1-17-12-14-23(15-13-17)20(22(25)19-10-6-3-7-11-19)16-21(24)18-8-4-2-5-9-18/h2-11,17,20H,12-16H2,1H3/t20-/m0/s1. The number of carbonyl (C=O) groups is 2. The van der Waals surface area contributed by atoms with Crippen LogP contribution in [0.25, 0.3) is 0 Å². The molecule has 3 heteroatoms. The molecule has 1 saturated heterocycles. The van der Waals surface area contributed by atoms with E-state index < -0.39 is 0 Å². The fourth-order valence-electron chi connectivity index (χ4n) is 3.44. The molecule has 1 heterocycles. The van der Waals surface area contributed by atoms with Gasteiger partial charge in [-0.1, -0.05) is 67.6 Å². The minimum absolute atomic E-state index is 0.0357. The van der Waals surface area contributed by atoms with Crippen molar-refractivity contribution in [3.8, 4) is 0 Å². The van der Waals surface area contributed by atoms with E-state index in [2.05, 4.69) is 11.8 Å². The number of Topliss-reactive ketones (excluding diaryl/α,β-unsaturated/α-hetero) is 2. The van der Waals surface area contributed by atoms with Gasteiger partial charge in [-0.2, -0.15) is 0 Å². The molecule has 0 amide bonds. The molecule has 1 aliphatic heterocycles. The first-order valence-corrected chi connectivity index (χ1v) is 9.06. The highest BCUT2D eigenvalue weighted by atomic mass is 16.1. The van der Waals surface area contributed by atoms with Crippen molar-refractivity contribution in [2.45, 2.75) is 32.2 Å². The predicted octanol–water partition coefficient (Wildman–Crippen LogP) is 4.24. The third-order valence-corrected chi connectivity index (χ3v) is 5.09. The molecule has 25 heavy (non-hydrogen) atoms. The highest BCUT2D eigenvalue weighted by molar-refractivity contribution is 6.05. The number of piperidine rings is 1. The molecule has 2 aromatic rings. The lowest BCUT2D eigenvalue weighted by molar-refractivity contribution is 0.0686. The molecule has 0 saturated carbocycles. The normalized spacial score (nSPS) is 17.2. The van der Waals surface area contributed by atoms with E-state index >= 15 is 0 Å². The van der Waals surface area contributed by atoms with Gasteiger partial charge in [-0.15, -0.1) is 0 Å². The summed E-state index contributed by atoms with van der Waals surface area (Å²) in [6.07, 6.45) is 2.41. The molecule has 0 radical (unpaired) electrons. The summed E-state index contributed by atoms with van der Waals surface area (Å²) in [6.45, 7) is 4.01. The van der Waals surface area contributed by atoms with Crippen LogP contribution >= 0.6 is 0 Å². The van der Waals surface area contributed by atoms with Crippen molar-refractivity contribution < 1.29 is 9.59 Å². The van der Waals surface area contributed by atoms with Crippen LogP contribution in [0.4, 0.5) is 0 Å². The third-order valence-electron chi connectivity index (χ3n) is 5.09. The summed E-state index contributed by atoms with van der Waals surface area (Å²) in [7, 11) is 0. The fraction of sp³-hybridized carbons (Fsp3) is 0.364. The molecular formula is C22H25NO2. The van der Waals surface area contributed by atoms with Gasteiger partial charge < -0.3 is 0 Å². The summed E-state index contributed by atoms with van der Waals surface area (Å²) in [5.74, 6) is 0.779. The molecule has 1 aliphatic rings. The Morgan fingerprint density at radius 1 is 0.920 bits per heavy atom. The van der Waals surface area contributed by atoms with Crippen molar-refractivity contribution >= 4 is 11.6 Å². The average Bonchev–Trinajstić information content (AvgIpc) is 2.67. The number of carbonyl (C=O) groups excluding carboxylic acids is 2. The van der Waals surface area contributed by atoms with E-state index in [1.807, 2.05) is 60.7 Å². The Kier molecular flexibility index (Phi) is 5.77. The van der Waals surface area contributed by atoms with Crippen molar-refractivity contribution in [2.75, 3.05) is 13.1 Å². The van der Waals surface area contributed by atoms with Gasteiger partial charge in [-0.05, 0) is 31.8 Å². The van der Waals surface area contributed by atoms with Crippen molar-refractivity contribution in [3.63, 3.8) is 0 Å². The van der Waals surface area contributed by atoms with Crippen molar-refractivity contribution in [1.82, 2.24) is 4.90 Å². The SMILES string of the molecule is CC1CCN([C@@H](CC(=O)c2ccccc2)C(=O)c2ccccc2)CC1. The van der Waals surface area contributed by atoms with E-state index in [-0.39, 0.29) is 24.0 Å². The van der Waals surface area contributed by atoms with Gasteiger partial charge in [0.25, 0.3) is 0 Å². The Balaban J connectivity index is 1.81. The van der Waals surface area contributed by atoms with Crippen molar-refractivity contribution in [1.29, 1.82) is 0 Å². The van der Waals surface area contributed by atoms with Crippen LogP contribution in [0.5, 0.6) is 0 Å². The van der Waals surface area contributed by atoms with Gasteiger partial charge in [0.1, 0.15) is 0 Å². The van der Waals surface area contributed by atoms with Crippen LogP contribution in [0, 0.1) is 5.92 Å². The summed E-state index contributed by atoms with van der Waals surface area (Å²) in [5, 5.41) is 0. The van der Waals surface area contributed by atoms with E-state index in [0.717, 1.165) is 25.9 Å². The number of ketones is 2. The van der Waals surface area contributed by atoms with Crippen LogP contribution in [0.3, 0.4) is 0 Å².